The van der Waals surface area contributed by atoms with E-state index in [0.29, 0.717) is 12.1 Å². The second kappa shape index (κ2) is 6.53. The molecule has 1 fully saturated rings. The van der Waals surface area contributed by atoms with Gasteiger partial charge in [0, 0.05) is 24.0 Å². The Morgan fingerprint density at radius 3 is 3.11 bits per heavy atom. The van der Waals surface area contributed by atoms with E-state index in [4.69, 9.17) is 4.98 Å². The second-order valence-electron chi connectivity index (χ2n) is 5.13. The zero-order valence-electron chi connectivity index (χ0n) is 11.8. The lowest BCUT2D eigenvalue weighted by Gasteiger charge is -2.22. The van der Waals surface area contributed by atoms with Crippen molar-refractivity contribution in [1.29, 1.82) is 0 Å². The predicted molar refractivity (Wildman–Crippen MR) is 79.5 cm³/mol. The average molecular weight is 267 g/mol. The summed E-state index contributed by atoms with van der Waals surface area (Å²) in [5.74, 6) is 0. The zero-order chi connectivity index (χ0) is 13.0. The lowest BCUT2D eigenvalue weighted by Crippen LogP contribution is -2.28. The van der Waals surface area contributed by atoms with Gasteiger partial charge in [-0.2, -0.15) is 0 Å². The first-order chi connectivity index (χ1) is 8.76. The summed E-state index contributed by atoms with van der Waals surface area (Å²) in [4.78, 5) is 7.33. The van der Waals surface area contributed by atoms with Gasteiger partial charge in [0.05, 0.1) is 5.69 Å². The van der Waals surface area contributed by atoms with Gasteiger partial charge in [-0.05, 0) is 39.2 Å². The van der Waals surface area contributed by atoms with Crippen LogP contribution in [0.5, 0.6) is 0 Å². The lowest BCUT2D eigenvalue weighted by molar-refractivity contribution is 0.559. The van der Waals surface area contributed by atoms with Crippen molar-refractivity contribution in [3.05, 3.63) is 11.1 Å². The molecule has 0 aromatic carbocycles. The molecule has 0 aliphatic carbocycles. The van der Waals surface area contributed by atoms with Crippen molar-refractivity contribution in [1.82, 2.24) is 10.3 Å². The van der Waals surface area contributed by atoms with Crippen molar-refractivity contribution >= 4 is 16.5 Å². The molecule has 0 amide bonds. The van der Waals surface area contributed by atoms with Crippen LogP contribution in [0, 0.1) is 0 Å². The number of thiazole rings is 1. The molecule has 4 heteroatoms. The summed E-state index contributed by atoms with van der Waals surface area (Å²) in [5, 5.41) is 6.94. The van der Waals surface area contributed by atoms with Gasteiger partial charge in [-0.15, -0.1) is 11.3 Å². The molecule has 102 valence electrons. The summed E-state index contributed by atoms with van der Waals surface area (Å²) in [6.07, 6.45) is 5.05. The molecule has 2 atom stereocenters. The summed E-state index contributed by atoms with van der Waals surface area (Å²) in [6.45, 7) is 8.93. The number of nitrogens with one attached hydrogen (secondary N) is 1. The Morgan fingerprint density at radius 1 is 1.56 bits per heavy atom. The maximum atomic E-state index is 4.83. The minimum Gasteiger partial charge on any atom is -0.345 e. The average Bonchev–Trinajstić information content (AvgIpc) is 3.02. The molecule has 1 aromatic heterocycles. The molecular weight excluding hydrogens is 242 g/mol. The van der Waals surface area contributed by atoms with E-state index in [2.05, 4.69) is 36.4 Å². The fourth-order valence-corrected chi connectivity index (χ4v) is 3.60. The molecule has 2 rings (SSSR count). The first-order valence-electron chi connectivity index (χ1n) is 7.21. The highest BCUT2D eigenvalue weighted by Gasteiger charge is 2.25. The molecule has 1 aromatic rings. The van der Waals surface area contributed by atoms with Crippen LogP contribution >= 0.6 is 11.3 Å². The highest BCUT2D eigenvalue weighted by atomic mass is 32.1. The molecule has 0 bridgehead atoms. The molecule has 1 saturated heterocycles. The third kappa shape index (κ3) is 3.04. The molecule has 1 N–H and O–H groups in total. The molecule has 2 unspecified atom stereocenters. The molecule has 0 spiro atoms. The topological polar surface area (TPSA) is 28.2 Å². The van der Waals surface area contributed by atoms with Gasteiger partial charge in [0.25, 0.3) is 0 Å². The van der Waals surface area contributed by atoms with Gasteiger partial charge < -0.3 is 10.2 Å². The Balaban J connectivity index is 2.01. The first kappa shape index (κ1) is 13.8. The van der Waals surface area contributed by atoms with Crippen LogP contribution in [0.1, 0.15) is 58.2 Å². The lowest BCUT2D eigenvalue weighted by atomic mass is 10.2. The number of aromatic nitrogens is 1. The Bertz CT molecular complexity index is 364. The minimum absolute atomic E-state index is 0.373. The number of rotatable bonds is 6. The van der Waals surface area contributed by atoms with E-state index in [-0.39, 0.29) is 0 Å². The van der Waals surface area contributed by atoms with E-state index in [1.807, 2.05) is 0 Å². The third-order valence-electron chi connectivity index (χ3n) is 3.75. The van der Waals surface area contributed by atoms with Crippen molar-refractivity contribution in [3.8, 4) is 0 Å². The molecule has 2 heterocycles. The van der Waals surface area contributed by atoms with E-state index < -0.39 is 0 Å². The van der Waals surface area contributed by atoms with Crippen LogP contribution in [0.15, 0.2) is 5.38 Å². The normalized spacial score (nSPS) is 21.5. The molecule has 18 heavy (non-hydrogen) atoms. The molecule has 0 radical (unpaired) electrons. The fourth-order valence-electron chi connectivity index (χ4n) is 2.58. The first-order valence-corrected chi connectivity index (χ1v) is 8.09. The van der Waals surface area contributed by atoms with Crippen LogP contribution < -0.4 is 10.2 Å². The molecule has 1 aliphatic heterocycles. The third-order valence-corrected chi connectivity index (χ3v) is 4.64. The fraction of sp³-hybridized carbons (Fsp3) is 0.786. The van der Waals surface area contributed by atoms with Gasteiger partial charge in [0.1, 0.15) is 0 Å². The molecule has 1 aliphatic rings. The van der Waals surface area contributed by atoms with Crippen molar-refractivity contribution in [2.24, 2.45) is 0 Å². The van der Waals surface area contributed by atoms with Gasteiger partial charge >= 0.3 is 0 Å². The Hall–Kier alpha value is -0.610. The SMILES string of the molecule is CCCNC(C)c1csc(N2CCCC2CC)n1. The van der Waals surface area contributed by atoms with Crippen molar-refractivity contribution in [2.75, 3.05) is 18.0 Å². The summed E-state index contributed by atoms with van der Waals surface area (Å²) in [5.41, 5.74) is 1.20. The second-order valence-corrected chi connectivity index (χ2v) is 5.97. The largest absolute Gasteiger partial charge is 0.345 e. The van der Waals surface area contributed by atoms with Crippen LogP contribution in [-0.4, -0.2) is 24.1 Å². The van der Waals surface area contributed by atoms with Crippen LogP contribution in [0.2, 0.25) is 0 Å². The van der Waals surface area contributed by atoms with Crippen LogP contribution in [-0.2, 0) is 0 Å². The van der Waals surface area contributed by atoms with Crippen LogP contribution in [0.4, 0.5) is 5.13 Å². The van der Waals surface area contributed by atoms with E-state index in [1.165, 1.54) is 43.1 Å². The Morgan fingerprint density at radius 2 is 2.39 bits per heavy atom. The van der Waals surface area contributed by atoms with Gasteiger partial charge in [0.2, 0.25) is 0 Å². The maximum Gasteiger partial charge on any atom is 0.185 e. The molecular formula is C14H25N3S. The van der Waals surface area contributed by atoms with E-state index in [1.54, 1.807) is 11.3 Å². The molecule has 3 nitrogen and oxygen atoms in total. The quantitative estimate of drug-likeness (QED) is 0.854. The number of hydrogen-bond donors (Lipinski definition) is 1. The summed E-state index contributed by atoms with van der Waals surface area (Å²) in [6, 6.07) is 1.08. The van der Waals surface area contributed by atoms with Crippen LogP contribution in [0.25, 0.3) is 0 Å². The summed E-state index contributed by atoms with van der Waals surface area (Å²) in [7, 11) is 0. The number of hydrogen-bond acceptors (Lipinski definition) is 4. The summed E-state index contributed by atoms with van der Waals surface area (Å²) < 4.78 is 0. The van der Waals surface area contributed by atoms with Gasteiger partial charge in [-0.25, -0.2) is 4.98 Å². The standard InChI is InChI=1S/C14H25N3S/c1-4-8-15-11(3)13-10-18-14(16-13)17-9-6-7-12(17)5-2/h10-12,15H,4-9H2,1-3H3. The smallest absolute Gasteiger partial charge is 0.185 e. The van der Waals surface area contributed by atoms with Crippen molar-refractivity contribution in [2.45, 2.75) is 58.5 Å². The van der Waals surface area contributed by atoms with Crippen molar-refractivity contribution < 1.29 is 0 Å². The Labute approximate surface area is 115 Å². The van der Waals surface area contributed by atoms with Crippen molar-refractivity contribution in [3.63, 3.8) is 0 Å². The van der Waals surface area contributed by atoms with Gasteiger partial charge in [-0.3, -0.25) is 0 Å². The summed E-state index contributed by atoms with van der Waals surface area (Å²) >= 11 is 1.80. The van der Waals surface area contributed by atoms with Gasteiger partial charge in [0.15, 0.2) is 5.13 Å². The zero-order valence-corrected chi connectivity index (χ0v) is 12.6. The Kier molecular flexibility index (Phi) is 5.01. The number of anilines is 1. The minimum atomic E-state index is 0.373. The highest BCUT2D eigenvalue weighted by molar-refractivity contribution is 7.13. The number of nitrogens with zero attached hydrogens (tertiary/aromatic N) is 2. The van der Waals surface area contributed by atoms with E-state index >= 15 is 0 Å². The maximum absolute atomic E-state index is 4.83. The van der Waals surface area contributed by atoms with Gasteiger partial charge in [-0.1, -0.05) is 13.8 Å². The highest BCUT2D eigenvalue weighted by Crippen LogP contribution is 2.31. The van der Waals surface area contributed by atoms with E-state index in [9.17, 15) is 0 Å². The predicted octanol–water partition coefficient (Wildman–Crippen LogP) is 3.58. The monoisotopic (exact) mass is 267 g/mol. The van der Waals surface area contributed by atoms with E-state index in [0.717, 1.165) is 6.54 Å². The molecule has 0 saturated carbocycles. The van der Waals surface area contributed by atoms with Crippen LogP contribution in [0.3, 0.4) is 0 Å².